The van der Waals surface area contributed by atoms with E-state index in [0.717, 1.165) is 197 Å². The first-order valence-electron chi connectivity index (χ1n) is 33.1. The van der Waals surface area contributed by atoms with Gasteiger partial charge in [0, 0.05) is 60.9 Å². The molecule has 0 saturated carbocycles. The Morgan fingerprint density at radius 2 is 0.717 bits per heavy atom. The first-order chi connectivity index (χ1) is 45.3. The summed E-state index contributed by atoms with van der Waals surface area (Å²) in [6.07, 6.45) is 19.9. The molecule has 6 aromatic heterocycles. The van der Waals surface area contributed by atoms with Gasteiger partial charge in [-0.1, -0.05) is 189 Å². The van der Waals surface area contributed by atoms with Crippen LogP contribution in [0.25, 0.3) is 141 Å². The topological polar surface area (TPSA) is 115 Å². The predicted octanol–water partition coefficient (Wildman–Crippen LogP) is 21.7. The number of nitrogens with one attached hydrogen (secondary N) is 4. The Kier molecular flexibility index (Phi) is 16.3. The van der Waals surface area contributed by atoms with Gasteiger partial charge in [-0.15, -0.1) is 0 Å². The molecule has 0 saturated heterocycles. The number of nitrogens with zero attached hydrogens (tertiary/aromatic N) is 4. The van der Waals surface area contributed by atoms with Crippen LogP contribution in [0.2, 0.25) is 0 Å². The van der Waals surface area contributed by atoms with Gasteiger partial charge >= 0.3 is 0 Å². The minimum atomic E-state index is 0.821. The summed E-state index contributed by atoms with van der Waals surface area (Å²) in [6.45, 7) is 18.2. The minimum absolute atomic E-state index is 0.821. The highest BCUT2D eigenvalue weighted by Gasteiger charge is 2.26. The summed E-state index contributed by atoms with van der Waals surface area (Å²) >= 11 is 0. The molecule has 4 N–H and O–H groups in total. The van der Waals surface area contributed by atoms with Crippen LogP contribution < -0.4 is 0 Å². The van der Waals surface area contributed by atoms with E-state index >= 15 is 0 Å². The van der Waals surface area contributed by atoms with Crippen LogP contribution in [-0.4, -0.2) is 39.9 Å². The molecule has 10 aromatic rings. The molecule has 452 valence electrons. The lowest BCUT2D eigenvalue weighted by Gasteiger charge is -2.07. The molecule has 16 bridgehead atoms. The second-order valence-electron chi connectivity index (χ2n) is 23.9. The van der Waals surface area contributed by atoms with Gasteiger partial charge in [-0.2, -0.15) is 0 Å². The molecule has 0 aliphatic carbocycles. The molecule has 0 radical (unpaired) electrons. The fourth-order valence-electron chi connectivity index (χ4n) is 14.6. The second kappa shape index (κ2) is 25.3. The Balaban J connectivity index is 1.08. The van der Waals surface area contributed by atoms with Crippen LogP contribution in [0.5, 0.6) is 0 Å². The lowest BCUT2D eigenvalue weighted by molar-refractivity contribution is 1.07. The summed E-state index contributed by atoms with van der Waals surface area (Å²) in [5.41, 5.74) is 35.8. The quantitative estimate of drug-likeness (QED) is 0.0861. The van der Waals surface area contributed by atoms with E-state index in [0.29, 0.717) is 0 Å². The zero-order valence-corrected chi connectivity index (χ0v) is 53.9. The van der Waals surface area contributed by atoms with Gasteiger partial charge in [-0.05, 0) is 191 Å². The molecule has 0 fully saturated rings. The van der Waals surface area contributed by atoms with Crippen molar-refractivity contribution < 1.29 is 0 Å². The SMILES string of the molecule is CCC1=C(CC)c2cc3[nH]c(c(/C=C/C#Cc4cc5[nH]c4c(-c4ccccc4)c4nc(c(-c6ccccc6)c6ccc([nH]6)c(-c6ccccc6)c6nc(c5-c5ccccc5)C=C6)C=C4)c4nc(cc5[nH]c(cc1n2)c(CC)c5CC)C(CC)=C4CC)c(CC)c3CC. The number of H-pyrrole nitrogens is 4. The maximum Gasteiger partial charge on any atom is 0.0765 e. The fraction of sp³-hybridized carbons (Fsp3) is 0.190. The Bertz CT molecular complexity index is 5160. The van der Waals surface area contributed by atoms with Crippen molar-refractivity contribution in [2.75, 3.05) is 0 Å². The normalized spacial score (nSPS) is 12.8. The number of aromatic amines is 4. The number of allylic oxidation sites excluding steroid dienone is 5. The van der Waals surface area contributed by atoms with Crippen molar-refractivity contribution >= 4 is 96.8 Å². The first-order valence-corrected chi connectivity index (χ1v) is 33.1. The van der Waals surface area contributed by atoms with Crippen LogP contribution in [0.3, 0.4) is 0 Å². The minimum Gasteiger partial charge on any atom is -0.355 e. The van der Waals surface area contributed by atoms with E-state index in [1.165, 1.54) is 44.5 Å². The third kappa shape index (κ3) is 10.5. The Hall–Kier alpha value is -10.6. The lowest BCUT2D eigenvalue weighted by atomic mass is 9.96. The Morgan fingerprint density at radius 1 is 0.337 bits per heavy atom. The van der Waals surface area contributed by atoms with Gasteiger partial charge in [0.15, 0.2) is 0 Å². The maximum atomic E-state index is 5.76. The van der Waals surface area contributed by atoms with Crippen molar-refractivity contribution in [1.29, 1.82) is 0 Å². The summed E-state index contributed by atoms with van der Waals surface area (Å²) in [4.78, 5) is 38.5. The highest BCUT2D eigenvalue weighted by atomic mass is 14.8. The van der Waals surface area contributed by atoms with Gasteiger partial charge in [0.05, 0.1) is 62.1 Å². The summed E-state index contributed by atoms with van der Waals surface area (Å²) in [5.74, 6) is 7.46. The van der Waals surface area contributed by atoms with Crippen molar-refractivity contribution in [3.63, 3.8) is 0 Å². The number of rotatable bonds is 13. The fourth-order valence-corrected chi connectivity index (χ4v) is 14.6. The van der Waals surface area contributed by atoms with Crippen molar-refractivity contribution in [3.05, 3.63) is 243 Å². The van der Waals surface area contributed by atoms with E-state index in [2.05, 4.69) is 275 Å². The summed E-state index contributed by atoms with van der Waals surface area (Å²) in [7, 11) is 0. The maximum absolute atomic E-state index is 5.76. The average molecular weight is 1200 g/mol. The van der Waals surface area contributed by atoms with E-state index in [1.54, 1.807) is 0 Å². The molecule has 0 atom stereocenters. The molecular weight excluding hydrogens is 1120 g/mol. The molecule has 10 heterocycles. The number of fused-ring (bicyclic) bond motifs is 16. The Morgan fingerprint density at radius 3 is 1.17 bits per heavy atom. The number of hydrogen-bond acceptors (Lipinski definition) is 4. The van der Waals surface area contributed by atoms with Gasteiger partial charge < -0.3 is 19.9 Å². The molecule has 4 aliphatic rings. The third-order valence-corrected chi connectivity index (χ3v) is 18.8. The summed E-state index contributed by atoms with van der Waals surface area (Å²) < 4.78 is 0. The van der Waals surface area contributed by atoms with E-state index in [1.807, 2.05) is 6.08 Å². The van der Waals surface area contributed by atoms with Crippen LogP contribution in [0.4, 0.5) is 0 Å². The van der Waals surface area contributed by atoms with Crippen molar-refractivity contribution in [2.45, 2.75) is 107 Å². The zero-order chi connectivity index (χ0) is 63.0. The molecule has 8 nitrogen and oxygen atoms in total. The molecule has 0 spiro atoms. The van der Waals surface area contributed by atoms with Crippen LogP contribution >= 0.6 is 0 Å². The Labute approximate surface area is 539 Å². The molecule has 92 heavy (non-hydrogen) atoms. The lowest BCUT2D eigenvalue weighted by Crippen LogP contribution is -1.92. The highest BCUT2D eigenvalue weighted by Crippen LogP contribution is 2.43. The molecule has 14 rings (SSSR count). The highest BCUT2D eigenvalue weighted by molar-refractivity contribution is 6.03. The molecule has 4 aromatic carbocycles. The zero-order valence-electron chi connectivity index (χ0n) is 53.9. The second-order valence-corrected chi connectivity index (χ2v) is 23.9. The van der Waals surface area contributed by atoms with Crippen LogP contribution in [0.1, 0.15) is 160 Å². The van der Waals surface area contributed by atoms with E-state index in [4.69, 9.17) is 19.9 Å². The number of aryl methyl sites for hydroxylation is 4. The molecule has 0 amide bonds. The summed E-state index contributed by atoms with van der Waals surface area (Å²) in [6, 6.07) is 55.9. The van der Waals surface area contributed by atoms with E-state index in [-0.39, 0.29) is 0 Å². The van der Waals surface area contributed by atoms with Gasteiger partial charge in [0.2, 0.25) is 0 Å². The van der Waals surface area contributed by atoms with Crippen molar-refractivity contribution in [2.24, 2.45) is 0 Å². The largest absolute Gasteiger partial charge is 0.355 e. The monoisotopic (exact) mass is 1200 g/mol. The molecular formula is C84H76N8. The number of aromatic nitrogens is 8. The van der Waals surface area contributed by atoms with Crippen molar-refractivity contribution in [1.82, 2.24) is 39.9 Å². The van der Waals surface area contributed by atoms with Gasteiger partial charge in [-0.25, -0.2) is 19.9 Å². The van der Waals surface area contributed by atoms with E-state index < -0.39 is 0 Å². The number of benzene rings is 4. The van der Waals surface area contributed by atoms with Crippen LogP contribution in [0, 0.1) is 11.8 Å². The standard InChI is InChI=1S/C84H76N8/c1-9-56-58(11-3)73-49-75-60(13-5)62(15-7)83(90-75)64(84-63(16-8)61(14-6)76(91-84)50-74-59(12-4)57(10-2)72(89-74)48-71(56)88-73)40-30-29-39-55-47-77-80(53-35-25-19-26-36-53)69-44-43-67(86-69)78(51-31-21-17-22-32-51)65-41-42-66(85-65)79(52-33-23-18-24-34-52)68-45-46-70(87-68)81(82(55)92-77)54-37-27-20-28-38-54/h17-28,30-38,40-50,85,88,91-92H,9-16H2,1-8H3/b40-30+,71-48?,72-48?,73-49?,74-50?,75-49?,76-50?,78-65?,78-67?,79-66?,79-68?,80-69?,80-77?,81-70?,82-81?,83-64?,84-64?. The van der Waals surface area contributed by atoms with Crippen LogP contribution in [0.15, 0.2) is 164 Å². The predicted molar refractivity (Wildman–Crippen MR) is 390 cm³/mol. The third-order valence-electron chi connectivity index (χ3n) is 18.8. The van der Waals surface area contributed by atoms with E-state index in [9.17, 15) is 0 Å². The smallest absolute Gasteiger partial charge is 0.0765 e. The van der Waals surface area contributed by atoms with Crippen LogP contribution in [-0.2, 0) is 25.7 Å². The average Bonchev–Trinajstić information content (AvgIpc) is 1.64. The van der Waals surface area contributed by atoms with Gasteiger partial charge in [0.1, 0.15) is 0 Å². The molecule has 0 unspecified atom stereocenters. The van der Waals surface area contributed by atoms with Gasteiger partial charge in [0.25, 0.3) is 0 Å². The first kappa shape index (κ1) is 59.0. The summed E-state index contributed by atoms with van der Waals surface area (Å²) in [5, 5.41) is 0. The number of hydrogen-bond donors (Lipinski definition) is 4. The molecule has 8 heteroatoms. The van der Waals surface area contributed by atoms with Crippen molar-refractivity contribution in [3.8, 4) is 56.3 Å². The van der Waals surface area contributed by atoms with Gasteiger partial charge in [-0.3, -0.25) is 0 Å². The molecule has 4 aliphatic heterocycles.